The first kappa shape index (κ1) is 15.2. The van der Waals surface area contributed by atoms with Crippen molar-refractivity contribution in [3.8, 4) is 0 Å². The van der Waals surface area contributed by atoms with Gasteiger partial charge >= 0.3 is 0 Å². The van der Waals surface area contributed by atoms with Gasteiger partial charge in [0.05, 0.1) is 4.92 Å². The quantitative estimate of drug-likeness (QED) is 0.670. The van der Waals surface area contributed by atoms with Gasteiger partial charge in [0.25, 0.3) is 5.69 Å². The van der Waals surface area contributed by atoms with Crippen LogP contribution in [0, 0.1) is 10.1 Å². The summed E-state index contributed by atoms with van der Waals surface area (Å²) in [5, 5.41) is 11.1. The summed E-state index contributed by atoms with van der Waals surface area (Å²) in [6, 6.07) is 5.54. The minimum absolute atomic E-state index is 0.0171. The second-order valence-electron chi connectivity index (χ2n) is 5.24. The second-order valence-corrected chi connectivity index (χ2v) is 5.65. The molecule has 0 bridgehead atoms. The van der Waals surface area contributed by atoms with Crippen molar-refractivity contribution >= 4 is 17.3 Å². The Labute approximate surface area is 123 Å². The minimum Gasteiger partial charge on any atom is -0.330 e. The standard InChI is InChI=1S/C14H20ClN3O2/c15-13-5-4-11(9-14(13)18(19)20)10-17-8-2-1-3-12(17)6-7-16/h4-5,9,12H,1-3,6-8,10,16H2. The second kappa shape index (κ2) is 7.02. The molecule has 2 N–H and O–H groups in total. The molecule has 1 aliphatic heterocycles. The number of likely N-dealkylation sites (tertiary alicyclic amines) is 1. The number of nitrogens with zero attached hydrogens (tertiary/aromatic N) is 2. The molecule has 0 amide bonds. The highest BCUT2D eigenvalue weighted by Crippen LogP contribution is 2.27. The molecule has 1 heterocycles. The van der Waals surface area contributed by atoms with E-state index in [1.165, 1.54) is 12.8 Å². The highest BCUT2D eigenvalue weighted by Gasteiger charge is 2.22. The van der Waals surface area contributed by atoms with E-state index in [1.54, 1.807) is 12.1 Å². The van der Waals surface area contributed by atoms with Gasteiger partial charge in [-0.25, -0.2) is 0 Å². The predicted molar refractivity (Wildman–Crippen MR) is 79.8 cm³/mol. The molecule has 1 atom stereocenters. The van der Waals surface area contributed by atoms with Gasteiger partial charge in [-0.1, -0.05) is 24.1 Å². The number of benzene rings is 1. The third-order valence-electron chi connectivity index (χ3n) is 3.84. The minimum atomic E-state index is -0.431. The van der Waals surface area contributed by atoms with Crippen molar-refractivity contribution in [2.24, 2.45) is 5.73 Å². The first-order valence-electron chi connectivity index (χ1n) is 6.98. The van der Waals surface area contributed by atoms with Crippen LogP contribution in [0.25, 0.3) is 0 Å². The number of piperidine rings is 1. The predicted octanol–water partition coefficient (Wildman–Crippen LogP) is 2.95. The maximum Gasteiger partial charge on any atom is 0.288 e. The van der Waals surface area contributed by atoms with Gasteiger partial charge in [0.15, 0.2) is 0 Å². The number of hydrogen-bond donors (Lipinski definition) is 1. The van der Waals surface area contributed by atoms with Crippen LogP contribution in [0.2, 0.25) is 5.02 Å². The van der Waals surface area contributed by atoms with E-state index in [9.17, 15) is 10.1 Å². The van der Waals surface area contributed by atoms with Crippen molar-refractivity contribution in [2.45, 2.75) is 38.3 Å². The zero-order valence-corrected chi connectivity index (χ0v) is 12.2. The van der Waals surface area contributed by atoms with Gasteiger partial charge in [-0.3, -0.25) is 15.0 Å². The third kappa shape index (κ3) is 3.69. The molecule has 0 spiro atoms. The van der Waals surface area contributed by atoms with E-state index < -0.39 is 4.92 Å². The molecule has 5 nitrogen and oxygen atoms in total. The fourth-order valence-electron chi connectivity index (χ4n) is 2.82. The molecule has 0 radical (unpaired) electrons. The Hall–Kier alpha value is -1.17. The van der Waals surface area contributed by atoms with Crippen LogP contribution in [0.1, 0.15) is 31.2 Å². The van der Waals surface area contributed by atoms with E-state index in [-0.39, 0.29) is 10.7 Å². The van der Waals surface area contributed by atoms with Gasteiger partial charge in [-0.2, -0.15) is 0 Å². The first-order chi connectivity index (χ1) is 9.61. The van der Waals surface area contributed by atoms with E-state index in [0.717, 1.165) is 31.5 Å². The highest BCUT2D eigenvalue weighted by atomic mass is 35.5. The molecule has 1 aliphatic rings. The molecule has 0 saturated carbocycles. The van der Waals surface area contributed by atoms with Crippen molar-refractivity contribution in [3.63, 3.8) is 0 Å². The summed E-state index contributed by atoms with van der Waals surface area (Å²) in [6.45, 7) is 2.44. The van der Waals surface area contributed by atoms with E-state index >= 15 is 0 Å². The average molecular weight is 298 g/mol. The summed E-state index contributed by atoms with van der Waals surface area (Å²) < 4.78 is 0. The van der Waals surface area contributed by atoms with Crippen molar-refractivity contribution < 1.29 is 4.92 Å². The topological polar surface area (TPSA) is 72.4 Å². The molecule has 6 heteroatoms. The van der Waals surface area contributed by atoms with Crippen LogP contribution in [0.4, 0.5) is 5.69 Å². The molecule has 2 rings (SSSR count). The van der Waals surface area contributed by atoms with Crippen LogP contribution in [0.15, 0.2) is 18.2 Å². The Morgan fingerprint density at radius 1 is 1.45 bits per heavy atom. The fraction of sp³-hybridized carbons (Fsp3) is 0.571. The molecule has 110 valence electrons. The average Bonchev–Trinajstić information content (AvgIpc) is 2.43. The van der Waals surface area contributed by atoms with E-state index in [4.69, 9.17) is 17.3 Å². The third-order valence-corrected chi connectivity index (χ3v) is 4.16. The van der Waals surface area contributed by atoms with Crippen molar-refractivity contribution in [1.82, 2.24) is 4.90 Å². The Balaban J connectivity index is 2.11. The van der Waals surface area contributed by atoms with Gasteiger partial charge in [-0.15, -0.1) is 0 Å². The molecule has 0 aromatic heterocycles. The summed E-state index contributed by atoms with van der Waals surface area (Å²) in [7, 11) is 0. The lowest BCUT2D eigenvalue weighted by Gasteiger charge is -2.35. The Bertz CT molecular complexity index is 479. The van der Waals surface area contributed by atoms with Crippen molar-refractivity contribution in [1.29, 1.82) is 0 Å². The smallest absolute Gasteiger partial charge is 0.288 e. The molecule has 1 aromatic carbocycles. The Morgan fingerprint density at radius 2 is 2.25 bits per heavy atom. The van der Waals surface area contributed by atoms with Crippen molar-refractivity contribution in [2.75, 3.05) is 13.1 Å². The maximum absolute atomic E-state index is 10.9. The van der Waals surface area contributed by atoms with Crippen LogP contribution in [0.3, 0.4) is 0 Å². The van der Waals surface area contributed by atoms with Gasteiger partial charge < -0.3 is 5.73 Å². The van der Waals surface area contributed by atoms with E-state index in [0.29, 0.717) is 12.6 Å². The number of nitrogens with two attached hydrogens (primary N) is 1. The van der Waals surface area contributed by atoms with Crippen molar-refractivity contribution in [3.05, 3.63) is 38.9 Å². The fourth-order valence-corrected chi connectivity index (χ4v) is 3.01. The summed E-state index contributed by atoms with van der Waals surface area (Å²) in [4.78, 5) is 12.9. The lowest BCUT2D eigenvalue weighted by Crippen LogP contribution is -2.40. The number of nitro groups is 1. The zero-order valence-electron chi connectivity index (χ0n) is 11.4. The molecule has 1 saturated heterocycles. The first-order valence-corrected chi connectivity index (χ1v) is 7.36. The normalized spacial score (nSPS) is 20.0. The summed E-state index contributed by atoms with van der Waals surface area (Å²) in [5.41, 5.74) is 6.58. The largest absolute Gasteiger partial charge is 0.330 e. The summed E-state index contributed by atoms with van der Waals surface area (Å²) in [5.74, 6) is 0. The Morgan fingerprint density at radius 3 is 2.95 bits per heavy atom. The maximum atomic E-state index is 10.9. The number of halogens is 1. The Kier molecular flexibility index (Phi) is 5.34. The SMILES string of the molecule is NCCC1CCCCN1Cc1ccc(Cl)c([N+](=O)[O-])c1. The molecule has 1 unspecified atom stereocenters. The number of rotatable bonds is 5. The van der Waals surface area contributed by atoms with Crippen LogP contribution >= 0.6 is 11.6 Å². The molecule has 0 aliphatic carbocycles. The van der Waals surface area contributed by atoms with Gasteiger partial charge in [0, 0.05) is 18.7 Å². The van der Waals surface area contributed by atoms with Crippen LogP contribution < -0.4 is 5.73 Å². The zero-order chi connectivity index (χ0) is 14.5. The highest BCUT2D eigenvalue weighted by molar-refractivity contribution is 6.32. The van der Waals surface area contributed by atoms with Crippen LogP contribution in [-0.2, 0) is 6.54 Å². The van der Waals surface area contributed by atoms with Crippen LogP contribution in [0.5, 0.6) is 0 Å². The summed E-state index contributed by atoms with van der Waals surface area (Å²) >= 11 is 5.84. The lowest BCUT2D eigenvalue weighted by molar-refractivity contribution is -0.384. The lowest BCUT2D eigenvalue weighted by atomic mass is 9.98. The van der Waals surface area contributed by atoms with Crippen LogP contribution in [-0.4, -0.2) is 29.0 Å². The molecule has 20 heavy (non-hydrogen) atoms. The van der Waals surface area contributed by atoms with Gasteiger partial charge in [0.1, 0.15) is 5.02 Å². The number of hydrogen-bond acceptors (Lipinski definition) is 4. The van der Waals surface area contributed by atoms with E-state index in [1.807, 2.05) is 6.07 Å². The molecule has 1 fully saturated rings. The van der Waals surface area contributed by atoms with Gasteiger partial charge in [0.2, 0.25) is 0 Å². The summed E-state index contributed by atoms with van der Waals surface area (Å²) in [6.07, 6.45) is 4.56. The monoisotopic (exact) mass is 297 g/mol. The molecular formula is C14H20ClN3O2. The van der Waals surface area contributed by atoms with Gasteiger partial charge in [-0.05, 0) is 44.0 Å². The number of nitro benzene ring substituents is 1. The van der Waals surface area contributed by atoms with E-state index in [2.05, 4.69) is 4.90 Å². The molecular weight excluding hydrogens is 278 g/mol. The molecule has 1 aromatic rings.